The molecule has 2 aromatic carbocycles. The highest BCUT2D eigenvalue weighted by Crippen LogP contribution is 2.50. The van der Waals surface area contributed by atoms with Crippen molar-refractivity contribution in [2.45, 2.75) is 50.7 Å². The summed E-state index contributed by atoms with van der Waals surface area (Å²) in [7, 11) is 2.31. The molecule has 2 saturated heterocycles. The molecule has 0 aliphatic carbocycles. The number of para-hydroxylation sites is 2. The Morgan fingerprint density at radius 1 is 0.875 bits per heavy atom. The molecule has 2 atom stereocenters. The van der Waals surface area contributed by atoms with Crippen LogP contribution < -0.4 is 9.64 Å². The number of anilines is 2. The molecular weight excluding hydrogens is 296 g/mol. The number of piperidine rings is 1. The van der Waals surface area contributed by atoms with E-state index in [0.29, 0.717) is 6.04 Å². The predicted octanol–water partition coefficient (Wildman–Crippen LogP) is 4.86. The average Bonchev–Trinajstić information content (AvgIpc) is 2.81. The van der Waals surface area contributed by atoms with Crippen molar-refractivity contribution in [2.75, 3.05) is 11.9 Å². The summed E-state index contributed by atoms with van der Waals surface area (Å²) in [5.41, 5.74) is 3.70. The van der Waals surface area contributed by atoms with Gasteiger partial charge in [0.15, 0.2) is 11.5 Å². The lowest BCUT2D eigenvalue weighted by Crippen LogP contribution is -2.48. The Morgan fingerprint density at radius 3 is 2.38 bits per heavy atom. The van der Waals surface area contributed by atoms with Gasteiger partial charge in [0.1, 0.15) is 0 Å². The maximum atomic E-state index is 6.22. The Kier molecular flexibility index (Phi) is 3.14. The molecular formula is C21H24N2O. The number of benzene rings is 2. The van der Waals surface area contributed by atoms with E-state index in [9.17, 15) is 0 Å². The summed E-state index contributed by atoms with van der Waals surface area (Å²) < 4.78 is 6.22. The maximum Gasteiger partial charge on any atom is 0.151 e. The van der Waals surface area contributed by atoms with E-state index in [2.05, 4.69) is 66.2 Å². The number of aryl methyl sites for hydroxylation is 1. The van der Waals surface area contributed by atoms with E-state index in [0.717, 1.165) is 23.6 Å². The van der Waals surface area contributed by atoms with E-state index < -0.39 is 0 Å². The molecule has 3 aliphatic rings. The monoisotopic (exact) mass is 320 g/mol. The number of fused-ring (bicyclic) bond motifs is 4. The van der Waals surface area contributed by atoms with Crippen LogP contribution in [0.1, 0.15) is 31.2 Å². The fourth-order valence-corrected chi connectivity index (χ4v) is 4.88. The molecule has 3 heterocycles. The largest absolute Gasteiger partial charge is 0.453 e. The SMILES string of the molecule is Cc1ccc2c(c1)Oc1ccccc1N2C1CC2CCC(C1)N2C. The van der Waals surface area contributed by atoms with Crippen molar-refractivity contribution in [3.63, 3.8) is 0 Å². The quantitative estimate of drug-likeness (QED) is 0.746. The van der Waals surface area contributed by atoms with Crippen molar-refractivity contribution in [1.29, 1.82) is 0 Å². The molecule has 0 aromatic heterocycles. The minimum Gasteiger partial charge on any atom is -0.453 e. The molecule has 2 fully saturated rings. The summed E-state index contributed by atoms with van der Waals surface area (Å²) in [6.45, 7) is 2.13. The van der Waals surface area contributed by atoms with Gasteiger partial charge in [-0.25, -0.2) is 0 Å². The molecule has 3 nitrogen and oxygen atoms in total. The zero-order chi connectivity index (χ0) is 16.3. The third-order valence-corrected chi connectivity index (χ3v) is 6.16. The summed E-state index contributed by atoms with van der Waals surface area (Å²) >= 11 is 0. The number of hydrogen-bond donors (Lipinski definition) is 0. The number of ether oxygens (including phenoxy) is 1. The Balaban J connectivity index is 1.60. The lowest BCUT2D eigenvalue weighted by molar-refractivity contribution is 0.162. The number of hydrogen-bond acceptors (Lipinski definition) is 3. The van der Waals surface area contributed by atoms with Crippen LogP contribution in [0.4, 0.5) is 11.4 Å². The van der Waals surface area contributed by atoms with E-state index in [1.807, 2.05) is 0 Å². The molecule has 0 amide bonds. The zero-order valence-corrected chi connectivity index (χ0v) is 14.4. The van der Waals surface area contributed by atoms with E-state index in [1.165, 1.54) is 42.6 Å². The lowest BCUT2D eigenvalue weighted by atomic mass is 9.94. The second-order valence-corrected chi connectivity index (χ2v) is 7.59. The molecule has 0 spiro atoms. The van der Waals surface area contributed by atoms with Crippen LogP contribution in [-0.2, 0) is 0 Å². The Morgan fingerprint density at radius 2 is 1.58 bits per heavy atom. The molecule has 2 aromatic rings. The summed E-state index contributed by atoms with van der Waals surface area (Å²) in [6.07, 6.45) is 5.19. The third-order valence-electron chi connectivity index (χ3n) is 6.16. The molecule has 2 bridgehead atoms. The van der Waals surface area contributed by atoms with E-state index in [4.69, 9.17) is 4.74 Å². The van der Waals surface area contributed by atoms with Gasteiger partial charge in [0.25, 0.3) is 0 Å². The molecule has 0 radical (unpaired) electrons. The van der Waals surface area contributed by atoms with Crippen LogP contribution in [0.3, 0.4) is 0 Å². The van der Waals surface area contributed by atoms with Crippen LogP contribution in [0.5, 0.6) is 11.5 Å². The molecule has 0 N–H and O–H groups in total. The molecule has 0 saturated carbocycles. The fourth-order valence-electron chi connectivity index (χ4n) is 4.88. The van der Waals surface area contributed by atoms with Crippen LogP contribution in [-0.4, -0.2) is 30.1 Å². The van der Waals surface area contributed by atoms with Crippen molar-refractivity contribution in [3.05, 3.63) is 48.0 Å². The summed E-state index contributed by atoms with van der Waals surface area (Å²) in [4.78, 5) is 5.17. The van der Waals surface area contributed by atoms with Gasteiger partial charge in [0.05, 0.1) is 11.4 Å². The van der Waals surface area contributed by atoms with Gasteiger partial charge in [-0.3, -0.25) is 0 Å². The van der Waals surface area contributed by atoms with Gasteiger partial charge in [-0.2, -0.15) is 0 Å². The van der Waals surface area contributed by atoms with Crippen LogP contribution in [0, 0.1) is 6.92 Å². The minimum absolute atomic E-state index is 0.560. The van der Waals surface area contributed by atoms with Crippen LogP contribution in [0.15, 0.2) is 42.5 Å². The summed E-state index contributed by atoms with van der Waals surface area (Å²) in [5.74, 6) is 1.99. The van der Waals surface area contributed by atoms with E-state index >= 15 is 0 Å². The average molecular weight is 320 g/mol. The zero-order valence-electron chi connectivity index (χ0n) is 14.4. The van der Waals surface area contributed by atoms with Gasteiger partial charge in [0.2, 0.25) is 0 Å². The number of nitrogens with zero attached hydrogens (tertiary/aromatic N) is 2. The van der Waals surface area contributed by atoms with Crippen molar-refractivity contribution in [2.24, 2.45) is 0 Å². The van der Waals surface area contributed by atoms with Crippen LogP contribution in [0.2, 0.25) is 0 Å². The third kappa shape index (κ3) is 2.07. The molecule has 5 rings (SSSR count). The van der Waals surface area contributed by atoms with Crippen LogP contribution >= 0.6 is 0 Å². The molecule has 3 heteroatoms. The van der Waals surface area contributed by atoms with Gasteiger partial charge < -0.3 is 14.5 Å². The highest BCUT2D eigenvalue weighted by atomic mass is 16.5. The Labute approximate surface area is 143 Å². The molecule has 3 aliphatic heterocycles. The lowest BCUT2D eigenvalue weighted by Gasteiger charge is -2.45. The van der Waals surface area contributed by atoms with Gasteiger partial charge in [-0.1, -0.05) is 18.2 Å². The standard InChI is InChI=1S/C21H24N2O/c1-14-7-10-19-21(11-14)24-20-6-4-3-5-18(20)23(19)17-12-15-8-9-16(13-17)22(15)2/h3-7,10-11,15-17H,8-9,12-13H2,1-2H3. The number of rotatable bonds is 1. The first-order chi connectivity index (χ1) is 11.7. The predicted molar refractivity (Wildman–Crippen MR) is 97.4 cm³/mol. The van der Waals surface area contributed by atoms with Gasteiger partial charge in [-0.05, 0) is 69.5 Å². The highest BCUT2D eigenvalue weighted by molar-refractivity contribution is 5.78. The maximum absolute atomic E-state index is 6.22. The minimum atomic E-state index is 0.560. The van der Waals surface area contributed by atoms with Crippen molar-refractivity contribution >= 4 is 11.4 Å². The Hall–Kier alpha value is -2.00. The van der Waals surface area contributed by atoms with Gasteiger partial charge in [0, 0.05) is 18.1 Å². The first-order valence-electron chi connectivity index (χ1n) is 9.09. The smallest absolute Gasteiger partial charge is 0.151 e. The fraction of sp³-hybridized carbons (Fsp3) is 0.429. The van der Waals surface area contributed by atoms with Crippen molar-refractivity contribution < 1.29 is 4.74 Å². The summed E-state index contributed by atoms with van der Waals surface area (Å²) in [5, 5.41) is 0. The second kappa shape index (κ2) is 5.25. The first-order valence-corrected chi connectivity index (χ1v) is 9.09. The Bertz CT molecular complexity index is 773. The molecule has 2 unspecified atom stereocenters. The van der Waals surface area contributed by atoms with Gasteiger partial charge in [-0.15, -0.1) is 0 Å². The van der Waals surface area contributed by atoms with Crippen LogP contribution in [0.25, 0.3) is 0 Å². The van der Waals surface area contributed by atoms with E-state index in [1.54, 1.807) is 0 Å². The molecule has 124 valence electrons. The van der Waals surface area contributed by atoms with Gasteiger partial charge >= 0.3 is 0 Å². The topological polar surface area (TPSA) is 15.7 Å². The van der Waals surface area contributed by atoms with E-state index in [-0.39, 0.29) is 0 Å². The van der Waals surface area contributed by atoms with Crippen molar-refractivity contribution in [1.82, 2.24) is 4.90 Å². The summed E-state index contributed by atoms with van der Waals surface area (Å²) in [6, 6.07) is 17.1. The first kappa shape index (κ1) is 14.4. The molecule has 24 heavy (non-hydrogen) atoms. The van der Waals surface area contributed by atoms with Crippen molar-refractivity contribution in [3.8, 4) is 11.5 Å². The highest BCUT2D eigenvalue weighted by Gasteiger charge is 2.42. The second-order valence-electron chi connectivity index (χ2n) is 7.59. The normalized spacial score (nSPS) is 28.2.